The Labute approximate surface area is 115 Å². The highest BCUT2D eigenvalue weighted by atomic mass is 79.9. The minimum absolute atomic E-state index is 0.0915. The fraction of sp³-hybridized carbons (Fsp3) is 0.462. The molecular weight excluding hydrogens is 302 g/mol. The van der Waals surface area contributed by atoms with E-state index >= 15 is 0 Å². The first-order chi connectivity index (χ1) is 8.13. The summed E-state index contributed by atoms with van der Waals surface area (Å²) in [5.74, 6) is 0.0915. The second kappa shape index (κ2) is 5.40. The molecule has 1 aliphatic rings. The van der Waals surface area contributed by atoms with Crippen molar-refractivity contribution >= 4 is 33.4 Å². The van der Waals surface area contributed by atoms with Gasteiger partial charge in [0.15, 0.2) is 0 Å². The van der Waals surface area contributed by atoms with Crippen molar-refractivity contribution in [2.24, 2.45) is 0 Å². The van der Waals surface area contributed by atoms with Crippen LogP contribution < -0.4 is 0 Å². The van der Waals surface area contributed by atoms with Gasteiger partial charge in [0.25, 0.3) is 5.91 Å². The van der Waals surface area contributed by atoms with Gasteiger partial charge in [0.05, 0.1) is 0 Å². The van der Waals surface area contributed by atoms with E-state index in [0.29, 0.717) is 16.6 Å². The molecule has 1 fully saturated rings. The average Bonchev–Trinajstić information content (AvgIpc) is 3.13. The summed E-state index contributed by atoms with van der Waals surface area (Å²) < 4.78 is 0. The number of carbonyl (C=O) groups excluding carboxylic acids is 1. The van der Waals surface area contributed by atoms with Gasteiger partial charge in [0.1, 0.15) is 0 Å². The molecule has 0 spiro atoms. The third kappa shape index (κ3) is 3.02. The summed E-state index contributed by atoms with van der Waals surface area (Å²) >= 11 is 9.45. The molecule has 0 radical (unpaired) electrons. The fourth-order valence-electron chi connectivity index (χ4n) is 1.82. The average molecular weight is 317 g/mol. The van der Waals surface area contributed by atoms with Crippen LogP contribution in [0.2, 0.25) is 5.02 Å². The van der Waals surface area contributed by atoms with Crippen LogP contribution in [0.4, 0.5) is 0 Å². The first-order valence-corrected chi connectivity index (χ1v) is 7.26. The molecule has 4 heteroatoms. The predicted octanol–water partition coefficient (Wildman–Crippen LogP) is 3.65. The molecule has 1 aromatic carbocycles. The summed E-state index contributed by atoms with van der Waals surface area (Å²) in [7, 11) is 0. The minimum Gasteiger partial charge on any atom is -0.335 e. The van der Waals surface area contributed by atoms with Crippen LogP contribution in [0.3, 0.4) is 0 Å². The van der Waals surface area contributed by atoms with Gasteiger partial charge in [-0.05, 0) is 37.5 Å². The number of amides is 1. The monoisotopic (exact) mass is 315 g/mol. The topological polar surface area (TPSA) is 20.3 Å². The van der Waals surface area contributed by atoms with Crippen molar-refractivity contribution in [3.63, 3.8) is 0 Å². The van der Waals surface area contributed by atoms with Crippen LogP contribution in [0, 0.1) is 6.92 Å². The highest BCUT2D eigenvalue weighted by Gasteiger charge is 2.32. The van der Waals surface area contributed by atoms with E-state index in [1.165, 1.54) is 0 Å². The largest absolute Gasteiger partial charge is 0.335 e. The van der Waals surface area contributed by atoms with Crippen LogP contribution in [-0.2, 0) is 0 Å². The molecule has 0 aromatic heterocycles. The number of hydrogen-bond acceptors (Lipinski definition) is 1. The highest BCUT2D eigenvalue weighted by molar-refractivity contribution is 9.09. The van der Waals surface area contributed by atoms with Crippen molar-refractivity contribution in [3.05, 3.63) is 34.3 Å². The summed E-state index contributed by atoms with van der Waals surface area (Å²) in [6.45, 7) is 2.70. The van der Waals surface area contributed by atoms with Gasteiger partial charge in [-0.2, -0.15) is 0 Å². The lowest BCUT2D eigenvalue weighted by Crippen LogP contribution is -2.34. The van der Waals surface area contributed by atoms with E-state index in [-0.39, 0.29) is 5.91 Å². The summed E-state index contributed by atoms with van der Waals surface area (Å²) in [5.41, 5.74) is 1.69. The molecule has 0 unspecified atom stereocenters. The standard InChI is InChI=1S/C13H15BrClNO/c1-9-2-3-10(8-12(9)15)13(17)16(7-6-14)11-4-5-11/h2-3,8,11H,4-7H2,1H3. The predicted molar refractivity (Wildman–Crippen MR) is 74.0 cm³/mol. The molecule has 1 amide bonds. The zero-order valence-corrected chi connectivity index (χ0v) is 12.1. The normalized spacial score (nSPS) is 14.8. The van der Waals surface area contributed by atoms with Crippen molar-refractivity contribution in [1.82, 2.24) is 4.90 Å². The first kappa shape index (κ1) is 12.9. The molecule has 0 heterocycles. The van der Waals surface area contributed by atoms with Crippen LogP contribution in [0.15, 0.2) is 18.2 Å². The summed E-state index contributed by atoms with van der Waals surface area (Å²) in [6, 6.07) is 5.95. The lowest BCUT2D eigenvalue weighted by Gasteiger charge is -2.21. The Morgan fingerprint density at radius 3 is 2.76 bits per heavy atom. The number of halogens is 2. The molecule has 0 saturated heterocycles. The SMILES string of the molecule is Cc1ccc(C(=O)N(CCBr)C2CC2)cc1Cl. The number of rotatable bonds is 4. The van der Waals surface area contributed by atoms with E-state index in [1.54, 1.807) is 6.07 Å². The number of benzene rings is 1. The lowest BCUT2D eigenvalue weighted by molar-refractivity contribution is 0.0754. The van der Waals surface area contributed by atoms with Gasteiger partial charge in [-0.1, -0.05) is 33.6 Å². The van der Waals surface area contributed by atoms with E-state index in [2.05, 4.69) is 15.9 Å². The molecule has 1 saturated carbocycles. The molecule has 92 valence electrons. The minimum atomic E-state index is 0.0915. The Balaban J connectivity index is 2.19. The third-order valence-corrected chi connectivity index (χ3v) is 3.75. The Morgan fingerprint density at radius 2 is 2.24 bits per heavy atom. The number of aryl methyl sites for hydroxylation is 1. The van der Waals surface area contributed by atoms with Gasteiger partial charge in [-0.3, -0.25) is 4.79 Å². The van der Waals surface area contributed by atoms with Gasteiger partial charge >= 0.3 is 0 Å². The third-order valence-electron chi connectivity index (χ3n) is 2.99. The van der Waals surface area contributed by atoms with Gasteiger partial charge in [-0.25, -0.2) is 0 Å². The molecule has 0 bridgehead atoms. The van der Waals surface area contributed by atoms with Gasteiger partial charge in [0, 0.05) is 28.5 Å². The van der Waals surface area contributed by atoms with Crippen molar-refractivity contribution in [2.75, 3.05) is 11.9 Å². The van der Waals surface area contributed by atoms with Crippen molar-refractivity contribution in [2.45, 2.75) is 25.8 Å². The lowest BCUT2D eigenvalue weighted by atomic mass is 10.1. The van der Waals surface area contributed by atoms with Crippen LogP contribution in [0.25, 0.3) is 0 Å². The van der Waals surface area contributed by atoms with Gasteiger partial charge < -0.3 is 4.90 Å². The molecule has 1 aromatic rings. The van der Waals surface area contributed by atoms with Crippen molar-refractivity contribution < 1.29 is 4.79 Å². The molecule has 0 N–H and O–H groups in total. The van der Waals surface area contributed by atoms with E-state index in [1.807, 2.05) is 24.0 Å². The number of carbonyl (C=O) groups is 1. The summed E-state index contributed by atoms with van der Waals surface area (Å²) in [5, 5.41) is 1.47. The number of nitrogens with zero attached hydrogens (tertiary/aromatic N) is 1. The second-order valence-electron chi connectivity index (χ2n) is 4.38. The number of hydrogen-bond donors (Lipinski definition) is 0. The van der Waals surface area contributed by atoms with Crippen molar-refractivity contribution in [3.8, 4) is 0 Å². The summed E-state index contributed by atoms with van der Waals surface area (Å²) in [6.07, 6.45) is 2.25. The maximum absolute atomic E-state index is 12.3. The van der Waals surface area contributed by atoms with E-state index in [9.17, 15) is 4.79 Å². The maximum Gasteiger partial charge on any atom is 0.254 e. The van der Waals surface area contributed by atoms with Crippen LogP contribution >= 0.6 is 27.5 Å². The Morgan fingerprint density at radius 1 is 1.53 bits per heavy atom. The maximum atomic E-state index is 12.3. The molecule has 2 nitrogen and oxygen atoms in total. The van der Waals surface area contributed by atoms with Gasteiger partial charge in [0.2, 0.25) is 0 Å². The number of alkyl halides is 1. The second-order valence-corrected chi connectivity index (χ2v) is 5.58. The van der Waals surface area contributed by atoms with Crippen LogP contribution in [-0.4, -0.2) is 28.7 Å². The van der Waals surface area contributed by atoms with Crippen LogP contribution in [0.5, 0.6) is 0 Å². The summed E-state index contributed by atoms with van der Waals surface area (Å²) in [4.78, 5) is 14.3. The smallest absolute Gasteiger partial charge is 0.254 e. The zero-order chi connectivity index (χ0) is 12.4. The molecular formula is C13H15BrClNO. The Kier molecular flexibility index (Phi) is 4.10. The quantitative estimate of drug-likeness (QED) is 0.777. The Bertz CT molecular complexity index is 431. The Hall–Kier alpha value is -0.540. The fourth-order valence-corrected chi connectivity index (χ4v) is 2.38. The van der Waals surface area contributed by atoms with Crippen LogP contribution in [0.1, 0.15) is 28.8 Å². The van der Waals surface area contributed by atoms with E-state index < -0.39 is 0 Å². The van der Waals surface area contributed by atoms with Gasteiger partial charge in [-0.15, -0.1) is 0 Å². The van der Waals surface area contributed by atoms with Crippen molar-refractivity contribution in [1.29, 1.82) is 0 Å². The molecule has 17 heavy (non-hydrogen) atoms. The molecule has 0 atom stereocenters. The van der Waals surface area contributed by atoms with E-state index in [0.717, 1.165) is 30.3 Å². The van der Waals surface area contributed by atoms with E-state index in [4.69, 9.17) is 11.6 Å². The molecule has 0 aliphatic heterocycles. The molecule has 2 rings (SSSR count). The molecule has 1 aliphatic carbocycles. The first-order valence-electron chi connectivity index (χ1n) is 5.76. The highest BCUT2D eigenvalue weighted by Crippen LogP contribution is 2.29. The zero-order valence-electron chi connectivity index (χ0n) is 9.75.